The van der Waals surface area contributed by atoms with Crippen LogP contribution in [0.25, 0.3) is 0 Å². The number of amides is 2. The molecule has 150 valence electrons. The number of hydrogen-bond acceptors (Lipinski definition) is 3. The average Bonchev–Trinajstić information content (AvgIpc) is 2.66. The van der Waals surface area contributed by atoms with E-state index >= 15 is 0 Å². The van der Waals surface area contributed by atoms with Gasteiger partial charge in [0.15, 0.2) is 6.61 Å². The summed E-state index contributed by atoms with van der Waals surface area (Å²) >= 11 is 6.23. The standard InChI is InChI=1S/C21H31ClN2O3/c1-5-8-23-21(26)16-7-6-9-24(12-16)20(25)13-27-19-10-15(4)18(22)11-17(19)14(2)3/h10-11,14,16H,5-9,12-13H2,1-4H3,(H,23,26). The van der Waals surface area contributed by atoms with Crippen molar-refractivity contribution in [3.05, 3.63) is 28.3 Å². The van der Waals surface area contributed by atoms with Crippen LogP contribution in [0.5, 0.6) is 5.75 Å². The van der Waals surface area contributed by atoms with Gasteiger partial charge in [-0.2, -0.15) is 0 Å². The van der Waals surface area contributed by atoms with Gasteiger partial charge < -0.3 is 15.0 Å². The highest BCUT2D eigenvalue weighted by atomic mass is 35.5. The van der Waals surface area contributed by atoms with Crippen molar-refractivity contribution < 1.29 is 14.3 Å². The minimum Gasteiger partial charge on any atom is -0.483 e. The number of carbonyl (C=O) groups excluding carboxylic acids is 2. The molecule has 0 aliphatic carbocycles. The first-order valence-corrected chi connectivity index (χ1v) is 10.2. The second-order valence-electron chi connectivity index (χ2n) is 7.55. The van der Waals surface area contributed by atoms with E-state index in [1.807, 2.05) is 26.0 Å². The summed E-state index contributed by atoms with van der Waals surface area (Å²) in [5.41, 5.74) is 1.92. The number of aryl methyl sites for hydroxylation is 1. The van der Waals surface area contributed by atoms with Crippen molar-refractivity contribution in [1.29, 1.82) is 0 Å². The Morgan fingerprint density at radius 1 is 1.37 bits per heavy atom. The van der Waals surface area contributed by atoms with Crippen molar-refractivity contribution in [2.45, 2.75) is 52.9 Å². The van der Waals surface area contributed by atoms with E-state index in [4.69, 9.17) is 16.3 Å². The molecule has 6 heteroatoms. The van der Waals surface area contributed by atoms with Gasteiger partial charge in [0.1, 0.15) is 5.75 Å². The molecule has 0 bridgehead atoms. The van der Waals surface area contributed by atoms with Gasteiger partial charge >= 0.3 is 0 Å². The van der Waals surface area contributed by atoms with Gasteiger partial charge in [-0.25, -0.2) is 0 Å². The maximum absolute atomic E-state index is 12.6. The van der Waals surface area contributed by atoms with Crippen molar-refractivity contribution in [3.8, 4) is 5.75 Å². The molecular weight excluding hydrogens is 364 g/mol. The van der Waals surface area contributed by atoms with E-state index < -0.39 is 0 Å². The monoisotopic (exact) mass is 394 g/mol. The minimum atomic E-state index is -0.127. The third-order valence-corrected chi connectivity index (χ3v) is 5.37. The van der Waals surface area contributed by atoms with Crippen molar-refractivity contribution in [3.63, 3.8) is 0 Å². The third kappa shape index (κ3) is 5.86. The minimum absolute atomic E-state index is 0.0237. The Kier molecular flexibility index (Phi) is 7.96. The predicted octanol–water partition coefficient (Wildman–Crippen LogP) is 3.92. The first kappa shape index (κ1) is 21.5. The fourth-order valence-corrected chi connectivity index (χ4v) is 3.46. The third-order valence-electron chi connectivity index (χ3n) is 4.96. The maximum atomic E-state index is 12.6. The van der Waals surface area contributed by atoms with Gasteiger partial charge in [0.2, 0.25) is 5.91 Å². The number of hydrogen-bond donors (Lipinski definition) is 1. The highest BCUT2D eigenvalue weighted by molar-refractivity contribution is 6.31. The van der Waals surface area contributed by atoms with Crippen LogP contribution in [0.3, 0.4) is 0 Å². The van der Waals surface area contributed by atoms with Gasteiger partial charge in [-0.05, 0) is 55.4 Å². The van der Waals surface area contributed by atoms with Crippen molar-refractivity contribution in [2.75, 3.05) is 26.2 Å². The number of rotatable bonds is 7. The Morgan fingerprint density at radius 3 is 2.78 bits per heavy atom. The van der Waals surface area contributed by atoms with E-state index in [-0.39, 0.29) is 30.3 Å². The number of carbonyl (C=O) groups is 2. The van der Waals surface area contributed by atoms with Gasteiger partial charge in [-0.1, -0.05) is 32.4 Å². The van der Waals surface area contributed by atoms with E-state index in [1.54, 1.807) is 4.90 Å². The van der Waals surface area contributed by atoms with Gasteiger partial charge in [0.05, 0.1) is 5.92 Å². The zero-order chi connectivity index (χ0) is 20.0. The quantitative estimate of drug-likeness (QED) is 0.762. The number of nitrogens with zero attached hydrogens (tertiary/aromatic N) is 1. The molecule has 2 amide bonds. The fourth-order valence-electron chi connectivity index (χ4n) is 3.29. The molecule has 1 N–H and O–H groups in total. The Balaban J connectivity index is 1.97. The molecule has 0 spiro atoms. The van der Waals surface area contributed by atoms with Crippen LogP contribution < -0.4 is 10.1 Å². The maximum Gasteiger partial charge on any atom is 0.260 e. The average molecular weight is 395 g/mol. The van der Waals surface area contributed by atoms with Crippen LogP contribution in [-0.2, 0) is 9.59 Å². The van der Waals surface area contributed by atoms with E-state index in [2.05, 4.69) is 19.2 Å². The van der Waals surface area contributed by atoms with Crippen molar-refractivity contribution in [1.82, 2.24) is 10.2 Å². The number of benzene rings is 1. The second-order valence-corrected chi connectivity index (χ2v) is 7.96. The Bertz CT molecular complexity index is 676. The molecule has 27 heavy (non-hydrogen) atoms. The van der Waals surface area contributed by atoms with E-state index in [1.165, 1.54) is 0 Å². The number of ether oxygens (including phenoxy) is 1. The van der Waals surface area contributed by atoms with Crippen LogP contribution in [0.15, 0.2) is 12.1 Å². The number of likely N-dealkylation sites (tertiary alicyclic amines) is 1. The first-order chi connectivity index (χ1) is 12.8. The van der Waals surface area contributed by atoms with E-state index in [0.29, 0.717) is 30.4 Å². The lowest BCUT2D eigenvalue weighted by Gasteiger charge is -2.32. The normalized spacial score (nSPS) is 17.1. The molecule has 0 saturated carbocycles. The lowest BCUT2D eigenvalue weighted by Crippen LogP contribution is -2.47. The zero-order valence-electron chi connectivity index (χ0n) is 16.8. The molecule has 1 heterocycles. The first-order valence-electron chi connectivity index (χ1n) is 9.81. The summed E-state index contributed by atoms with van der Waals surface area (Å²) in [6.45, 7) is 9.89. The van der Waals surface area contributed by atoms with Crippen LogP contribution in [0.4, 0.5) is 0 Å². The highest BCUT2D eigenvalue weighted by Gasteiger charge is 2.28. The summed E-state index contributed by atoms with van der Waals surface area (Å²) < 4.78 is 5.86. The molecule has 1 fully saturated rings. The highest BCUT2D eigenvalue weighted by Crippen LogP contribution is 2.32. The Labute approximate surface area is 167 Å². The van der Waals surface area contributed by atoms with Crippen LogP contribution in [0, 0.1) is 12.8 Å². The number of piperidine rings is 1. The summed E-state index contributed by atoms with van der Waals surface area (Å²) in [6, 6.07) is 3.80. The lowest BCUT2D eigenvalue weighted by molar-refractivity contribution is -0.137. The Morgan fingerprint density at radius 2 is 2.11 bits per heavy atom. The van der Waals surface area contributed by atoms with Gasteiger partial charge in [0, 0.05) is 24.7 Å². The summed E-state index contributed by atoms with van der Waals surface area (Å²) in [5.74, 6) is 0.790. The summed E-state index contributed by atoms with van der Waals surface area (Å²) in [7, 11) is 0. The molecule has 1 aromatic carbocycles. The second kappa shape index (κ2) is 9.98. The van der Waals surface area contributed by atoms with E-state index in [9.17, 15) is 9.59 Å². The SMILES string of the molecule is CCCNC(=O)C1CCCN(C(=O)COc2cc(C)c(Cl)cc2C(C)C)C1. The zero-order valence-corrected chi connectivity index (χ0v) is 17.6. The molecule has 5 nitrogen and oxygen atoms in total. The van der Waals surface area contributed by atoms with Crippen LogP contribution in [0.1, 0.15) is 57.1 Å². The molecule has 0 aromatic heterocycles. The summed E-state index contributed by atoms with van der Waals surface area (Å²) in [5, 5.41) is 3.63. The topological polar surface area (TPSA) is 58.6 Å². The molecular formula is C21H31ClN2O3. The fraction of sp³-hybridized carbons (Fsp3) is 0.619. The summed E-state index contributed by atoms with van der Waals surface area (Å²) in [6.07, 6.45) is 2.58. The van der Waals surface area contributed by atoms with Gasteiger partial charge in [-0.15, -0.1) is 0 Å². The number of nitrogens with one attached hydrogen (secondary N) is 1. The van der Waals surface area contributed by atoms with Crippen molar-refractivity contribution in [2.24, 2.45) is 5.92 Å². The summed E-state index contributed by atoms with van der Waals surface area (Å²) in [4.78, 5) is 26.6. The van der Waals surface area contributed by atoms with Crippen LogP contribution in [-0.4, -0.2) is 43.0 Å². The molecule has 1 saturated heterocycles. The van der Waals surface area contributed by atoms with E-state index in [0.717, 1.165) is 30.4 Å². The molecule has 1 aliphatic heterocycles. The van der Waals surface area contributed by atoms with Gasteiger partial charge in [0.25, 0.3) is 5.91 Å². The molecule has 0 radical (unpaired) electrons. The Hall–Kier alpha value is -1.75. The lowest BCUT2D eigenvalue weighted by atomic mass is 9.97. The molecule has 2 rings (SSSR count). The predicted molar refractivity (Wildman–Crippen MR) is 108 cm³/mol. The smallest absolute Gasteiger partial charge is 0.260 e. The number of halogens is 1. The largest absolute Gasteiger partial charge is 0.483 e. The molecule has 1 aliphatic rings. The van der Waals surface area contributed by atoms with Gasteiger partial charge in [-0.3, -0.25) is 9.59 Å². The molecule has 1 unspecified atom stereocenters. The van der Waals surface area contributed by atoms with Crippen molar-refractivity contribution >= 4 is 23.4 Å². The molecule has 1 atom stereocenters. The molecule has 1 aromatic rings. The van der Waals surface area contributed by atoms with Crippen LogP contribution >= 0.6 is 11.6 Å². The van der Waals surface area contributed by atoms with Crippen LogP contribution in [0.2, 0.25) is 5.02 Å².